The van der Waals surface area contributed by atoms with Gasteiger partial charge in [-0.05, 0) is 36.2 Å². The molecule has 0 amide bonds. The molecule has 0 radical (unpaired) electrons. The molecule has 1 heteroatoms. The van der Waals surface area contributed by atoms with Gasteiger partial charge in [0.2, 0.25) is 0 Å². The fraction of sp³-hybridized carbons (Fsp3) is 0.375. The van der Waals surface area contributed by atoms with Crippen LogP contribution in [0.2, 0.25) is 0 Å². The van der Waals surface area contributed by atoms with Crippen LogP contribution < -0.4 is 5.32 Å². The minimum atomic E-state index is 0.385. The maximum Gasteiger partial charge on any atom is 0.00838 e. The van der Waals surface area contributed by atoms with Crippen LogP contribution in [0.5, 0.6) is 0 Å². The number of benzene rings is 2. The molecule has 1 N–H and O–H groups in total. The molecule has 0 heterocycles. The van der Waals surface area contributed by atoms with Gasteiger partial charge in [-0.15, -0.1) is 0 Å². The van der Waals surface area contributed by atoms with Crippen molar-refractivity contribution in [2.75, 3.05) is 13.6 Å². The largest absolute Gasteiger partial charge is 0.319 e. The van der Waals surface area contributed by atoms with E-state index < -0.39 is 0 Å². The molecule has 1 aliphatic rings. The van der Waals surface area contributed by atoms with Gasteiger partial charge in [-0.25, -0.2) is 0 Å². The molecule has 17 heavy (non-hydrogen) atoms. The highest BCUT2D eigenvalue weighted by molar-refractivity contribution is 5.86. The lowest BCUT2D eigenvalue weighted by Gasteiger charge is -2.43. The van der Waals surface area contributed by atoms with E-state index in [2.05, 4.69) is 54.8 Å². The van der Waals surface area contributed by atoms with Crippen molar-refractivity contribution in [3.8, 4) is 0 Å². The van der Waals surface area contributed by atoms with Crippen LogP contribution >= 0.6 is 0 Å². The Hall–Kier alpha value is -1.34. The predicted octanol–water partition coefficient (Wildman–Crippen LogP) is 3.48. The van der Waals surface area contributed by atoms with E-state index >= 15 is 0 Å². The highest BCUT2D eigenvalue weighted by atomic mass is 14.8. The van der Waals surface area contributed by atoms with E-state index in [4.69, 9.17) is 0 Å². The molecule has 2 aromatic carbocycles. The molecule has 1 fully saturated rings. The molecule has 88 valence electrons. The monoisotopic (exact) mass is 225 g/mol. The zero-order chi connectivity index (χ0) is 11.7. The van der Waals surface area contributed by atoms with Crippen LogP contribution in [-0.2, 0) is 5.41 Å². The Morgan fingerprint density at radius 3 is 2.53 bits per heavy atom. The van der Waals surface area contributed by atoms with Gasteiger partial charge in [0.05, 0.1) is 0 Å². The zero-order valence-corrected chi connectivity index (χ0v) is 10.4. The summed E-state index contributed by atoms with van der Waals surface area (Å²) < 4.78 is 0. The number of hydrogen-bond acceptors (Lipinski definition) is 1. The van der Waals surface area contributed by atoms with Crippen molar-refractivity contribution in [1.82, 2.24) is 5.32 Å². The molecule has 3 rings (SSSR count). The molecule has 2 aromatic rings. The van der Waals surface area contributed by atoms with Crippen LogP contribution in [-0.4, -0.2) is 13.6 Å². The summed E-state index contributed by atoms with van der Waals surface area (Å²) >= 11 is 0. The molecule has 1 aliphatic carbocycles. The molecular formula is C16H19N. The van der Waals surface area contributed by atoms with Gasteiger partial charge >= 0.3 is 0 Å². The first-order valence-electron chi connectivity index (χ1n) is 6.49. The van der Waals surface area contributed by atoms with Gasteiger partial charge in [0.1, 0.15) is 0 Å². The third kappa shape index (κ3) is 1.66. The Labute approximate surface area is 103 Å². The van der Waals surface area contributed by atoms with Crippen molar-refractivity contribution in [3.63, 3.8) is 0 Å². The smallest absolute Gasteiger partial charge is 0.00838 e. The first-order chi connectivity index (χ1) is 8.36. The molecule has 0 aliphatic heterocycles. The Bertz CT molecular complexity index is 521. The van der Waals surface area contributed by atoms with Crippen LogP contribution in [0.1, 0.15) is 24.8 Å². The van der Waals surface area contributed by atoms with Crippen LogP contribution in [0.3, 0.4) is 0 Å². The third-order valence-corrected chi connectivity index (χ3v) is 4.19. The predicted molar refractivity (Wildman–Crippen MR) is 73.4 cm³/mol. The summed E-state index contributed by atoms with van der Waals surface area (Å²) in [5, 5.41) is 6.18. The highest BCUT2D eigenvalue weighted by Gasteiger charge is 2.38. The SMILES string of the molecule is CNCC1(c2cccc3ccccc23)CCC1. The van der Waals surface area contributed by atoms with Gasteiger partial charge in [0.25, 0.3) is 0 Å². The normalized spacial score (nSPS) is 17.9. The fourth-order valence-electron chi connectivity index (χ4n) is 3.17. The molecule has 0 unspecified atom stereocenters. The number of hydrogen-bond donors (Lipinski definition) is 1. The summed E-state index contributed by atoms with van der Waals surface area (Å²) in [6.45, 7) is 1.10. The molecular weight excluding hydrogens is 206 g/mol. The standard InChI is InChI=1S/C16H19N/c1-17-12-16(10-5-11-16)15-9-4-7-13-6-2-3-8-14(13)15/h2-4,6-9,17H,5,10-12H2,1H3. The van der Waals surface area contributed by atoms with E-state index in [1.807, 2.05) is 0 Å². The van der Waals surface area contributed by atoms with Gasteiger partial charge in [0.15, 0.2) is 0 Å². The van der Waals surface area contributed by atoms with Crippen molar-refractivity contribution in [2.45, 2.75) is 24.7 Å². The average Bonchev–Trinajstić information content (AvgIpc) is 2.33. The maximum absolute atomic E-state index is 3.37. The average molecular weight is 225 g/mol. The molecule has 1 nitrogen and oxygen atoms in total. The Morgan fingerprint density at radius 1 is 1.06 bits per heavy atom. The number of likely N-dealkylation sites (N-methyl/N-ethyl adjacent to an activating group) is 1. The van der Waals surface area contributed by atoms with E-state index in [0.717, 1.165) is 6.54 Å². The van der Waals surface area contributed by atoms with E-state index in [0.29, 0.717) is 5.41 Å². The van der Waals surface area contributed by atoms with Crippen LogP contribution in [0.25, 0.3) is 10.8 Å². The first-order valence-corrected chi connectivity index (χ1v) is 6.49. The van der Waals surface area contributed by atoms with Crippen molar-refractivity contribution in [2.24, 2.45) is 0 Å². The summed E-state index contributed by atoms with van der Waals surface area (Å²) in [6, 6.07) is 15.5. The maximum atomic E-state index is 3.37. The molecule has 0 saturated heterocycles. The van der Waals surface area contributed by atoms with E-state index in [1.165, 1.54) is 35.6 Å². The summed E-state index contributed by atoms with van der Waals surface area (Å²) in [5.74, 6) is 0. The fourth-order valence-corrected chi connectivity index (χ4v) is 3.17. The zero-order valence-electron chi connectivity index (χ0n) is 10.4. The quantitative estimate of drug-likeness (QED) is 0.843. The molecule has 0 aromatic heterocycles. The van der Waals surface area contributed by atoms with Gasteiger partial charge in [-0.1, -0.05) is 48.9 Å². The van der Waals surface area contributed by atoms with E-state index in [9.17, 15) is 0 Å². The Kier molecular flexibility index (Phi) is 2.64. The van der Waals surface area contributed by atoms with Crippen LogP contribution in [0, 0.1) is 0 Å². The summed E-state index contributed by atoms with van der Waals surface area (Å²) in [6.07, 6.45) is 4.01. The highest BCUT2D eigenvalue weighted by Crippen LogP contribution is 2.45. The lowest BCUT2D eigenvalue weighted by Crippen LogP contribution is -2.42. The van der Waals surface area contributed by atoms with Crippen LogP contribution in [0.4, 0.5) is 0 Å². The summed E-state index contributed by atoms with van der Waals surface area (Å²) in [4.78, 5) is 0. The molecule has 0 atom stereocenters. The second-order valence-corrected chi connectivity index (χ2v) is 5.19. The second kappa shape index (κ2) is 4.15. The minimum absolute atomic E-state index is 0.385. The molecule has 0 spiro atoms. The van der Waals surface area contributed by atoms with E-state index in [-0.39, 0.29) is 0 Å². The Morgan fingerprint density at radius 2 is 1.82 bits per heavy atom. The van der Waals surface area contributed by atoms with Crippen molar-refractivity contribution in [3.05, 3.63) is 48.0 Å². The number of fused-ring (bicyclic) bond motifs is 1. The van der Waals surface area contributed by atoms with Crippen molar-refractivity contribution < 1.29 is 0 Å². The van der Waals surface area contributed by atoms with Gasteiger partial charge in [-0.3, -0.25) is 0 Å². The van der Waals surface area contributed by atoms with Gasteiger partial charge in [-0.2, -0.15) is 0 Å². The van der Waals surface area contributed by atoms with Crippen molar-refractivity contribution in [1.29, 1.82) is 0 Å². The number of nitrogens with one attached hydrogen (secondary N) is 1. The molecule has 1 saturated carbocycles. The van der Waals surface area contributed by atoms with Crippen LogP contribution in [0.15, 0.2) is 42.5 Å². The molecule has 0 bridgehead atoms. The Balaban J connectivity index is 2.16. The number of rotatable bonds is 3. The minimum Gasteiger partial charge on any atom is -0.319 e. The van der Waals surface area contributed by atoms with Gasteiger partial charge in [0, 0.05) is 12.0 Å². The van der Waals surface area contributed by atoms with E-state index in [1.54, 1.807) is 0 Å². The lowest BCUT2D eigenvalue weighted by molar-refractivity contribution is 0.241. The van der Waals surface area contributed by atoms with Crippen molar-refractivity contribution >= 4 is 10.8 Å². The summed E-state index contributed by atoms with van der Waals surface area (Å²) in [5.41, 5.74) is 1.92. The first kappa shape index (κ1) is 10.8. The topological polar surface area (TPSA) is 12.0 Å². The van der Waals surface area contributed by atoms with Gasteiger partial charge < -0.3 is 5.32 Å². The third-order valence-electron chi connectivity index (χ3n) is 4.19. The lowest BCUT2D eigenvalue weighted by atomic mass is 9.63. The summed E-state index contributed by atoms with van der Waals surface area (Å²) in [7, 11) is 2.06. The second-order valence-electron chi connectivity index (χ2n) is 5.19.